The number of hydrogen-bond donors (Lipinski definition) is 0. The normalized spacial score (nSPS) is 12.8. The SMILES string of the molecule is CCOC(=O)C1=Cc2cccc([N+](=O)[O-])c2C=CN1C(=O)OCC. The zero-order chi connectivity index (χ0) is 17.7. The van der Waals surface area contributed by atoms with Gasteiger partial charge in [-0.25, -0.2) is 14.5 Å². The summed E-state index contributed by atoms with van der Waals surface area (Å²) >= 11 is 0. The summed E-state index contributed by atoms with van der Waals surface area (Å²) < 4.78 is 9.89. The Kier molecular flexibility index (Phi) is 5.31. The average Bonchev–Trinajstić information content (AvgIpc) is 2.74. The molecule has 1 aromatic rings. The van der Waals surface area contributed by atoms with Crippen LogP contribution >= 0.6 is 0 Å². The van der Waals surface area contributed by atoms with Crippen LogP contribution in [-0.2, 0) is 14.3 Å². The highest BCUT2D eigenvalue weighted by Crippen LogP contribution is 2.29. The molecule has 0 radical (unpaired) electrons. The first-order chi connectivity index (χ1) is 11.5. The van der Waals surface area contributed by atoms with E-state index in [1.165, 1.54) is 30.5 Å². The fourth-order valence-electron chi connectivity index (χ4n) is 2.20. The van der Waals surface area contributed by atoms with Crippen molar-refractivity contribution in [3.63, 3.8) is 0 Å². The number of ether oxygens (including phenoxy) is 2. The Morgan fingerprint density at radius 1 is 1.21 bits per heavy atom. The van der Waals surface area contributed by atoms with E-state index in [1.54, 1.807) is 19.9 Å². The second kappa shape index (κ2) is 7.40. The van der Waals surface area contributed by atoms with E-state index >= 15 is 0 Å². The lowest BCUT2D eigenvalue weighted by molar-refractivity contribution is -0.385. The number of rotatable bonds is 4. The number of nitro benzene ring substituents is 1. The van der Waals surface area contributed by atoms with Crippen molar-refractivity contribution < 1.29 is 24.0 Å². The van der Waals surface area contributed by atoms with Crippen LogP contribution in [0.5, 0.6) is 0 Å². The molecule has 0 aliphatic carbocycles. The third kappa shape index (κ3) is 3.43. The predicted molar refractivity (Wildman–Crippen MR) is 85.6 cm³/mol. The smallest absolute Gasteiger partial charge is 0.418 e. The van der Waals surface area contributed by atoms with Crippen LogP contribution in [0.1, 0.15) is 25.0 Å². The quantitative estimate of drug-likeness (QED) is 0.477. The highest BCUT2D eigenvalue weighted by molar-refractivity contribution is 5.99. The molecule has 1 amide bonds. The minimum absolute atomic E-state index is 0.0780. The minimum Gasteiger partial charge on any atom is -0.461 e. The van der Waals surface area contributed by atoms with Gasteiger partial charge in [0.1, 0.15) is 5.70 Å². The maximum atomic E-state index is 12.2. The maximum absolute atomic E-state index is 12.2. The first kappa shape index (κ1) is 17.2. The molecule has 0 fully saturated rings. The van der Waals surface area contributed by atoms with Gasteiger partial charge in [0.2, 0.25) is 0 Å². The van der Waals surface area contributed by atoms with Crippen LogP contribution < -0.4 is 0 Å². The highest BCUT2D eigenvalue weighted by atomic mass is 16.6. The summed E-state index contributed by atoms with van der Waals surface area (Å²) in [7, 11) is 0. The summed E-state index contributed by atoms with van der Waals surface area (Å²) in [6.07, 6.45) is 3.26. The van der Waals surface area contributed by atoms with E-state index in [4.69, 9.17) is 9.47 Å². The van der Waals surface area contributed by atoms with Crippen molar-refractivity contribution in [2.24, 2.45) is 0 Å². The monoisotopic (exact) mass is 332 g/mol. The fraction of sp³-hybridized carbons (Fsp3) is 0.250. The molecule has 0 atom stereocenters. The number of fused-ring (bicyclic) bond motifs is 1. The second-order valence-corrected chi connectivity index (χ2v) is 4.67. The first-order valence-electron chi connectivity index (χ1n) is 7.30. The number of benzene rings is 1. The van der Waals surface area contributed by atoms with Crippen LogP contribution in [0.4, 0.5) is 10.5 Å². The van der Waals surface area contributed by atoms with Gasteiger partial charge in [-0.2, -0.15) is 0 Å². The van der Waals surface area contributed by atoms with Crippen molar-refractivity contribution in [1.82, 2.24) is 4.90 Å². The van der Waals surface area contributed by atoms with E-state index in [-0.39, 0.29) is 30.2 Å². The van der Waals surface area contributed by atoms with Crippen molar-refractivity contribution >= 4 is 29.9 Å². The largest absolute Gasteiger partial charge is 0.461 e. The zero-order valence-corrected chi connectivity index (χ0v) is 13.2. The third-order valence-corrected chi connectivity index (χ3v) is 3.20. The third-order valence-electron chi connectivity index (χ3n) is 3.20. The van der Waals surface area contributed by atoms with Crippen molar-refractivity contribution in [2.45, 2.75) is 13.8 Å². The standard InChI is InChI=1S/C16H16N2O6/c1-3-23-15(19)14-10-11-6-5-7-13(18(21)22)12(11)8-9-17(14)16(20)24-4-2/h5-10H,3-4H2,1-2H3. The molecule has 1 aliphatic rings. The summed E-state index contributed by atoms with van der Waals surface area (Å²) in [5, 5.41) is 11.2. The van der Waals surface area contributed by atoms with E-state index in [1.807, 2.05) is 0 Å². The van der Waals surface area contributed by atoms with Gasteiger partial charge in [0.05, 0.1) is 23.7 Å². The van der Waals surface area contributed by atoms with Crippen LogP contribution in [0.15, 0.2) is 30.1 Å². The van der Waals surface area contributed by atoms with Gasteiger partial charge in [0.15, 0.2) is 0 Å². The Morgan fingerprint density at radius 2 is 1.92 bits per heavy atom. The first-order valence-corrected chi connectivity index (χ1v) is 7.30. The molecule has 1 heterocycles. The lowest BCUT2D eigenvalue weighted by Gasteiger charge is -2.18. The van der Waals surface area contributed by atoms with Crippen molar-refractivity contribution in [1.29, 1.82) is 0 Å². The molecule has 0 N–H and O–H groups in total. The fourth-order valence-corrected chi connectivity index (χ4v) is 2.20. The molecular formula is C16H16N2O6. The zero-order valence-electron chi connectivity index (χ0n) is 13.2. The molecule has 0 unspecified atom stereocenters. The number of esters is 1. The molecular weight excluding hydrogens is 316 g/mol. The van der Waals surface area contributed by atoms with Gasteiger partial charge < -0.3 is 9.47 Å². The Balaban J connectivity index is 2.59. The van der Waals surface area contributed by atoms with Crippen molar-refractivity contribution in [3.05, 3.63) is 51.3 Å². The van der Waals surface area contributed by atoms with Gasteiger partial charge in [-0.3, -0.25) is 10.1 Å². The predicted octanol–water partition coefficient (Wildman–Crippen LogP) is 2.94. The molecule has 1 aromatic carbocycles. The summed E-state index contributed by atoms with van der Waals surface area (Å²) in [5.41, 5.74) is 0.506. The van der Waals surface area contributed by atoms with Gasteiger partial charge in [0.25, 0.3) is 5.69 Å². The lowest BCUT2D eigenvalue weighted by Crippen LogP contribution is -2.30. The van der Waals surface area contributed by atoms with Crippen LogP contribution in [0.2, 0.25) is 0 Å². The lowest BCUT2D eigenvalue weighted by atomic mass is 10.0. The number of carbonyl (C=O) groups excluding carboxylic acids is 2. The molecule has 8 heteroatoms. The summed E-state index contributed by atoms with van der Waals surface area (Å²) in [4.78, 5) is 35.9. The molecule has 0 spiro atoms. The van der Waals surface area contributed by atoms with E-state index < -0.39 is 17.0 Å². The molecule has 24 heavy (non-hydrogen) atoms. The van der Waals surface area contributed by atoms with E-state index in [0.717, 1.165) is 4.90 Å². The Labute approximate surface area is 138 Å². The maximum Gasteiger partial charge on any atom is 0.418 e. The molecule has 0 bridgehead atoms. The Morgan fingerprint density at radius 3 is 2.54 bits per heavy atom. The minimum atomic E-state index is -0.775. The topological polar surface area (TPSA) is 99.0 Å². The highest BCUT2D eigenvalue weighted by Gasteiger charge is 2.27. The molecule has 0 saturated carbocycles. The average molecular weight is 332 g/mol. The van der Waals surface area contributed by atoms with Gasteiger partial charge >= 0.3 is 12.1 Å². The van der Waals surface area contributed by atoms with Crippen LogP contribution in [0.25, 0.3) is 12.2 Å². The van der Waals surface area contributed by atoms with Gasteiger partial charge in [-0.1, -0.05) is 12.1 Å². The molecule has 1 aliphatic heterocycles. The van der Waals surface area contributed by atoms with Crippen molar-refractivity contribution in [3.8, 4) is 0 Å². The molecule has 0 saturated heterocycles. The van der Waals surface area contributed by atoms with Crippen LogP contribution in [0.3, 0.4) is 0 Å². The van der Waals surface area contributed by atoms with Gasteiger partial charge in [0, 0.05) is 12.3 Å². The van der Waals surface area contributed by atoms with Crippen LogP contribution in [0, 0.1) is 10.1 Å². The molecule has 8 nitrogen and oxygen atoms in total. The number of nitrogens with zero attached hydrogens (tertiary/aromatic N) is 2. The second-order valence-electron chi connectivity index (χ2n) is 4.67. The number of carbonyl (C=O) groups is 2. The van der Waals surface area contributed by atoms with Crippen molar-refractivity contribution in [2.75, 3.05) is 13.2 Å². The molecule has 2 rings (SSSR count). The van der Waals surface area contributed by atoms with E-state index in [0.29, 0.717) is 5.56 Å². The van der Waals surface area contributed by atoms with E-state index in [2.05, 4.69) is 0 Å². The summed E-state index contributed by atoms with van der Waals surface area (Å²) in [6, 6.07) is 4.46. The number of amides is 1. The van der Waals surface area contributed by atoms with E-state index in [9.17, 15) is 19.7 Å². The molecule has 126 valence electrons. The Bertz CT molecular complexity index is 738. The summed E-state index contributed by atoms with van der Waals surface area (Å²) in [5.74, 6) is -0.727. The molecule has 0 aromatic heterocycles. The number of nitro groups is 1. The Hall–Kier alpha value is -3.16. The summed E-state index contributed by atoms with van der Waals surface area (Å²) in [6.45, 7) is 3.51. The van der Waals surface area contributed by atoms with Gasteiger partial charge in [-0.15, -0.1) is 0 Å². The number of hydrogen-bond acceptors (Lipinski definition) is 6. The van der Waals surface area contributed by atoms with Gasteiger partial charge in [-0.05, 0) is 31.6 Å². The van der Waals surface area contributed by atoms with Crippen LogP contribution in [-0.4, -0.2) is 35.1 Å².